The van der Waals surface area contributed by atoms with Crippen LogP contribution >= 0.6 is 0 Å². The normalized spacial score (nSPS) is 21.3. The van der Waals surface area contributed by atoms with Gasteiger partial charge in [0.2, 0.25) is 0 Å². The van der Waals surface area contributed by atoms with Crippen LogP contribution in [-0.4, -0.2) is 37.1 Å². The lowest BCUT2D eigenvalue weighted by Crippen LogP contribution is -2.38. The van der Waals surface area contributed by atoms with Crippen LogP contribution in [0.3, 0.4) is 0 Å². The van der Waals surface area contributed by atoms with Gasteiger partial charge in [-0.25, -0.2) is 4.39 Å². The van der Waals surface area contributed by atoms with Gasteiger partial charge in [0.1, 0.15) is 5.82 Å². The molecule has 0 amide bonds. The molecule has 0 aromatic heterocycles. The van der Waals surface area contributed by atoms with Crippen LogP contribution in [0.4, 0.5) is 4.39 Å². The van der Waals surface area contributed by atoms with E-state index in [1.54, 1.807) is 12.1 Å². The van der Waals surface area contributed by atoms with Crippen LogP contribution in [0.15, 0.2) is 18.2 Å². The van der Waals surface area contributed by atoms with Crippen LogP contribution in [0.2, 0.25) is 0 Å². The highest BCUT2D eigenvalue weighted by molar-refractivity contribution is 5.26. The predicted molar refractivity (Wildman–Crippen MR) is 78.0 cm³/mol. The molecule has 1 unspecified atom stereocenters. The number of hydrogen-bond donors (Lipinski definition) is 1. The van der Waals surface area contributed by atoms with Crippen molar-refractivity contribution in [3.05, 3.63) is 35.1 Å². The Morgan fingerprint density at radius 3 is 3.00 bits per heavy atom. The minimum atomic E-state index is -0.133. The molecule has 0 aliphatic carbocycles. The second kappa shape index (κ2) is 7.01. The van der Waals surface area contributed by atoms with E-state index in [1.165, 1.54) is 24.9 Å². The Kier molecular flexibility index (Phi) is 5.34. The van der Waals surface area contributed by atoms with Crippen LogP contribution in [0.5, 0.6) is 0 Å². The van der Waals surface area contributed by atoms with E-state index in [0.717, 1.165) is 31.6 Å². The molecule has 1 aliphatic heterocycles. The number of aryl methyl sites for hydroxylation is 1. The fourth-order valence-corrected chi connectivity index (χ4v) is 2.77. The van der Waals surface area contributed by atoms with Crippen molar-refractivity contribution in [2.45, 2.75) is 39.2 Å². The highest BCUT2D eigenvalue weighted by Gasteiger charge is 2.15. The van der Waals surface area contributed by atoms with Gasteiger partial charge in [0.25, 0.3) is 0 Å². The summed E-state index contributed by atoms with van der Waals surface area (Å²) in [7, 11) is 0. The number of hydrogen-bond acceptors (Lipinski definition) is 2. The lowest BCUT2D eigenvalue weighted by atomic mass is 10.1. The molecule has 0 radical (unpaired) electrons. The SMILES string of the molecule is CCC1CN(CCc2ccc(F)cc2C)CCCN1. The fourth-order valence-electron chi connectivity index (χ4n) is 2.77. The van der Waals surface area contributed by atoms with Crippen molar-refractivity contribution in [3.63, 3.8) is 0 Å². The third kappa shape index (κ3) is 4.29. The van der Waals surface area contributed by atoms with E-state index in [4.69, 9.17) is 0 Å². The molecule has 2 nitrogen and oxygen atoms in total. The zero-order chi connectivity index (χ0) is 13.7. The first-order valence-electron chi connectivity index (χ1n) is 7.40. The smallest absolute Gasteiger partial charge is 0.123 e. The summed E-state index contributed by atoms with van der Waals surface area (Å²) in [6.45, 7) is 8.75. The van der Waals surface area contributed by atoms with Gasteiger partial charge in [0.15, 0.2) is 0 Å². The molecule has 3 heteroatoms. The summed E-state index contributed by atoms with van der Waals surface area (Å²) in [5.41, 5.74) is 2.34. The van der Waals surface area contributed by atoms with Gasteiger partial charge < -0.3 is 10.2 Å². The monoisotopic (exact) mass is 264 g/mol. The van der Waals surface area contributed by atoms with Crippen molar-refractivity contribution in [2.75, 3.05) is 26.2 Å². The standard InChI is InChI=1S/C16H25FN2/c1-3-16-12-19(9-4-8-18-16)10-7-14-5-6-15(17)11-13(14)2/h5-6,11,16,18H,3-4,7-10,12H2,1-2H3. The van der Waals surface area contributed by atoms with E-state index >= 15 is 0 Å². The first kappa shape index (κ1) is 14.5. The van der Waals surface area contributed by atoms with Crippen LogP contribution in [0.1, 0.15) is 30.9 Å². The third-order valence-corrected chi connectivity index (χ3v) is 4.06. The Labute approximate surface area is 116 Å². The average molecular weight is 264 g/mol. The van der Waals surface area contributed by atoms with E-state index in [0.29, 0.717) is 6.04 Å². The largest absolute Gasteiger partial charge is 0.313 e. The van der Waals surface area contributed by atoms with E-state index < -0.39 is 0 Å². The summed E-state index contributed by atoms with van der Waals surface area (Å²) in [5, 5.41) is 3.59. The second-order valence-corrected chi connectivity index (χ2v) is 5.53. The Balaban J connectivity index is 1.90. The molecule has 1 N–H and O–H groups in total. The summed E-state index contributed by atoms with van der Waals surface area (Å²) >= 11 is 0. The zero-order valence-electron chi connectivity index (χ0n) is 12.1. The predicted octanol–water partition coefficient (Wildman–Crippen LogP) is 2.75. The Hall–Kier alpha value is -0.930. The first-order valence-corrected chi connectivity index (χ1v) is 7.40. The van der Waals surface area contributed by atoms with Gasteiger partial charge in [0, 0.05) is 19.1 Å². The maximum Gasteiger partial charge on any atom is 0.123 e. The topological polar surface area (TPSA) is 15.3 Å². The molecule has 106 valence electrons. The van der Waals surface area contributed by atoms with Gasteiger partial charge in [-0.1, -0.05) is 13.0 Å². The lowest BCUT2D eigenvalue weighted by molar-refractivity contribution is 0.268. The highest BCUT2D eigenvalue weighted by atomic mass is 19.1. The maximum atomic E-state index is 13.1. The van der Waals surface area contributed by atoms with Gasteiger partial charge in [0.05, 0.1) is 0 Å². The molecule has 1 heterocycles. The Bertz CT molecular complexity index is 406. The van der Waals surface area contributed by atoms with Gasteiger partial charge >= 0.3 is 0 Å². The summed E-state index contributed by atoms with van der Waals surface area (Å²) in [6.07, 6.45) is 3.42. The van der Waals surface area contributed by atoms with Crippen LogP contribution in [0.25, 0.3) is 0 Å². The van der Waals surface area contributed by atoms with E-state index in [9.17, 15) is 4.39 Å². The van der Waals surface area contributed by atoms with Crippen LogP contribution in [-0.2, 0) is 6.42 Å². The zero-order valence-corrected chi connectivity index (χ0v) is 12.1. The van der Waals surface area contributed by atoms with E-state index in [2.05, 4.69) is 17.1 Å². The molecule has 1 fully saturated rings. The number of nitrogens with zero attached hydrogens (tertiary/aromatic N) is 1. The molecule has 0 saturated carbocycles. The van der Waals surface area contributed by atoms with Gasteiger partial charge in [-0.05, 0) is 62.5 Å². The molecule has 1 saturated heterocycles. The molecular weight excluding hydrogens is 239 g/mol. The maximum absolute atomic E-state index is 13.1. The number of halogens is 1. The molecule has 0 spiro atoms. The molecule has 19 heavy (non-hydrogen) atoms. The Morgan fingerprint density at radius 2 is 2.26 bits per heavy atom. The molecule has 1 aromatic carbocycles. The molecule has 1 aromatic rings. The molecular formula is C16H25FN2. The number of rotatable bonds is 4. The van der Waals surface area contributed by atoms with Crippen molar-refractivity contribution < 1.29 is 4.39 Å². The van der Waals surface area contributed by atoms with Crippen molar-refractivity contribution >= 4 is 0 Å². The Morgan fingerprint density at radius 1 is 1.42 bits per heavy atom. The minimum absolute atomic E-state index is 0.133. The highest BCUT2D eigenvalue weighted by Crippen LogP contribution is 2.12. The lowest BCUT2D eigenvalue weighted by Gasteiger charge is -2.23. The fraction of sp³-hybridized carbons (Fsp3) is 0.625. The minimum Gasteiger partial charge on any atom is -0.313 e. The first-order chi connectivity index (χ1) is 9.19. The van der Waals surface area contributed by atoms with Gasteiger partial charge in [-0.3, -0.25) is 0 Å². The molecule has 1 atom stereocenters. The third-order valence-electron chi connectivity index (χ3n) is 4.06. The van der Waals surface area contributed by atoms with Crippen molar-refractivity contribution in [1.82, 2.24) is 10.2 Å². The summed E-state index contributed by atoms with van der Waals surface area (Å²) in [5.74, 6) is -0.133. The van der Waals surface area contributed by atoms with E-state index in [-0.39, 0.29) is 5.82 Å². The van der Waals surface area contributed by atoms with Crippen LogP contribution in [0, 0.1) is 12.7 Å². The summed E-state index contributed by atoms with van der Waals surface area (Å²) in [4.78, 5) is 2.54. The van der Waals surface area contributed by atoms with Crippen LogP contribution < -0.4 is 5.32 Å². The van der Waals surface area contributed by atoms with E-state index in [1.807, 2.05) is 13.0 Å². The summed E-state index contributed by atoms with van der Waals surface area (Å²) < 4.78 is 13.1. The second-order valence-electron chi connectivity index (χ2n) is 5.53. The molecule has 2 rings (SSSR count). The summed E-state index contributed by atoms with van der Waals surface area (Å²) in [6, 6.07) is 5.75. The van der Waals surface area contributed by atoms with Crippen molar-refractivity contribution in [2.24, 2.45) is 0 Å². The van der Waals surface area contributed by atoms with Crippen molar-refractivity contribution in [1.29, 1.82) is 0 Å². The number of nitrogens with one attached hydrogen (secondary N) is 1. The van der Waals surface area contributed by atoms with Gasteiger partial charge in [-0.15, -0.1) is 0 Å². The molecule has 0 bridgehead atoms. The number of benzene rings is 1. The quantitative estimate of drug-likeness (QED) is 0.899. The van der Waals surface area contributed by atoms with Gasteiger partial charge in [-0.2, -0.15) is 0 Å². The average Bonchev–Trinajstić information content (AvgIpc) is 2.63. The molecule has 1 aliphatic rings. The van der Waals surface area contributed by atoms with Crippen molar-refractivity contribution in [3.8, 4) is 0 Å².